The van der Waals surface area contributed by atoms with E-state index >= 15 is 0 Å². The third-order valence-electron chi connectivity index (χ3n) is 5.74. The van der Waals surface area contributed by atoms with Gasteiger partial charge in [0, 0.05) is 24.2 Å². The lowest BCUT2D eigenvalue weighted by Crippen LogP contribution is -2.42. The molecule has 1 aliphatic heterocycles. The predicted molar refractivity (Wildman–Crippen MR) is 122 cm³/mol. The van der Waals surface area contributed by atoms with Gasteiger partial charge in [-0.25, -0.2) is 0 Å². The summed E-state index contributed by atoms with van der Waals surface area (Å²) in [6, 6.07) is 18.5. The summed E-state index contributed by atoms with van der Waals surface area (Å²) in [4.78, 5) is 25.6. The maximum atomic E-state index is 13.4. The molecular weight excluding hydrogens is 424 g/mol. The normalized spacial score (nSPS) is 14.8. The van der Waals surface area contributed by atoms with E-state index < -0.39 is 4.92 Å². The second-order valence-corrected chi connectivity index (χ2v) is 7.60. The average molecular weight is 448 g/mol. The van der Waals surface area contributed by atoms with Gasteiger partial charge in [-0.1, -0.05) is 18.2 Å². The van der Waals surface area contributed by atoms with Gasteiger partial charge in [0.05, 0.1) is 25.2 Å². The zero-order valence-corrected chi connectivity index (χ0v) is 18.4. The van der Waals surface area contributed by atoms with Crippen molar-refractivity contribution in [2.45, 2.75) is 12.5 Å². The zero-order valence-electron chi connectivity index (χ0n) is 18.4. The Labute approximate surface area is 191 Å². The second kappa shape index (κ2) is 9.60. The molecule has 0 saturated carbocycles. The number of fused-ring (bicyclic) bond motifs is 1. The van der Waals surface area contributed by atoms with E-state index in [0.29, 0.717) is 35.8 Å². The topological polar surface area (TPSA) is 91.1 Å². The largest absolute Gasteiger partial charge is 0.493 e. The first-order valence-electron chi connectivity index (χ1n) is 10.5. The Morgan fingerprint density at radius 1 is 1.03 bits per heavy atom. The second-order valence-electron chi connectivity index (χ2n) is 7.60. The molecule has 0 aromatic heterocycles. The Hall–Kier alpha value is -4.07. The summed E-state index contributed by atoms with van der Waals surface area (Å²) in [6.45, 7) is 0.698. The van der Waals surface area contributed by atoms with E-state index in [4.69, 9.17) is 14.2 Å². The maximum Gasteiger partial charge on any atom is 0.269 e. The highest BCUT2D eigenvalue weighted by atomic mass is 16.6. The molecule has 8 heteroatoms. The molecule has 0 unspecified atom stereocenters. The number of nitrogens with zero attached hydrogens (tertiary/aromatic N) is 2. The average Bonchev–Trinajstić information content (AvgIpc) is 2.86. The first-order valence-corrected chi connectivity index (χ1v) is 10.5. The predicted octanol–water partition coefficient (Wildman–Crippen LogP) is 4.43. The van der Waals surface area contributed by atoms with Crippen molar-refractivity contribution in [2.75, 3.05) is 27.4 Å². The number of hydrogen-bond acceptors (Lipinski definition) is 6. The van der Waals surface area contributed by atoms with Gasteiger partial charge in [-0.2, -0.15) is 0 Å². The van der Waals surface area contributed by atoms with Crippen molar-refractivity contribution in [3.05, 3.63) is 93.5 Å². The van der Waals surface area contributed by atoms with Crippen LogP contribution < -0.4 is 14.2 Å². The molecule has 3 aromatic carbocycles. The number of rotatable bonds is 7. The number of hydrogen-bond donors (Lipinski definition) is 0. The Kier molecular flexibility index (Phi) is 6.44. The number of nitro benzene ring substituents is 1. The van der Waals surface area contributed by atoms with Gasteiger partial charge in [-0.15, -0.1) is 0 Å². The summed E-state index contributed by atoms with van der Waals surface area (Å²) in [7, 11) is 3.16. The summed E-state index contributed by atoms with van der Waals surface area (Å²) in [5, 5.41) is 10.9. The van der Waals surface area contributed by atoms with Crippen LogP contribution in [0.5, 0.6) is 17.2 Å². The van der Waals surface area contributed by atoms with E-state index in [1.54, 1.807) is 43.4 Å². The van der Waals surface area contributed by atoms with Crippen LogP contribution in [0.25, 0.3) is 0 Å². The first-order chi connectivity index (χ1) is 16.0. The summed E-state index contributed by atoms with van der Waals surface area (Å²) in [5.41, 5.74) is 2.57. The summed E-state index contributed by atoms with van der Waals surface area (Å²) in [6.07, 6.45) is 0.669. The fraction of sp³-hybridized carbons (Fsp3) is 0.240. The van der Waals surface area contributed by atoms with Gasteiger partial charge < -0.3 is 19.1 Å². The number of benzene rings is 3. The van der Waals surface area contributed by atoms with E-state index in [2.05, 4.69) is 0 Å². The van der Waals surface area contributed by atoms with Gasteiger partial charge in [-0.3, -0.25) is 14.9 Å². The van der Waals surface area contributed by atoms with Crippen LogP contribution in [0.15, 0.2) is 66.7 Å². The number of amides is 1. The van der Waals surface area contributed by atoms with Crippen LogP contribution in [0.3, 0.4) is 0 Å². The molecule has 1 heterocycles. The standard InChI is InChI=1S/C25H24N2O6/c1-31-23-14-18-12-13-26(25(28)17-6-4-3-5-7-17)22(21(18)15-24(23)32-2)16-33-20-10-8-19(9-11-20)27(29)30/h3-11,14-15,22H,12-13,16H2,1-2H3/t22-/m1/s1. The summed E-state index contributed by atoms with van der Waals surface area (Å²) < 4.78 is 16.9. The summed E-state index contributed by atoms with van der Waals surface area (Å²) in [5.74, 6) is 1.60. The minimum absolute atomic E-state index is 0.0110. The molecule has 0 spiro atoms. The molecule has 1 aliphatic rings. The maximum absolute atomic E-state index is 13.4. The lowest BCUT2D eigenvalue weighted by molar-refractivity contribution is -0.384. The minimum atomic E-state index is -0.457. The third-order valence-corrected chi connectivity index (χ3v) is 5.74. The van der Waals surface area contributed by atoms with Gasteiger partial charge in [0.25, 0.3) is 11.6 Å². The Morgan fingerprint density at radius 2 is 1.70 bits per heavy atom. The fourth-order valence-corrected chi connectivity index (χ4v) is 4.04. The molecule has 1 amide bonds. The number of carbonyl (C=O) groups is 1. The highest BCUT2D eigenvalue weighted by Crippen LogP contribution is 2.39. The van der Waals surface area contributed by atoms with Crippen molar-refractivity contribution in [3.63, 3.8) is 0 Å². The zero-order chi connectivity index (χ0) is 23.4. The van der Waals surface area contributed by atoms with Gasteiger partial charge in [0.15, 0.2) is 11.5 Å². The number of carbonyl (C=O) groups excluding carboxylic acids is 1. The third kappa shape index (κ3) is 4.59. The van der Waals surface area contributed by atoms with Crippen molar-refractivity contribution in [3.8, 4) is 17.2 Å². The molecule has 0 saturated heterocycles. The van der Waals surface area contributed by atoms with E-state index in [1.165, 1.54) is 12.1 Å². The Bertz CT molecular complexity index is 1150. The molecule has 0 radical (unpaired) electrons. The van der Waals surface area contributed by atoms with Gasteiger partial charge >= 0.3 is 0 Å². The highest BCUT2D eigenvalue weighted by Gasteiger charge is 2.33. The van der Waals surface area contributed by atoms with Crippen LogP contribution >= 0.6 is 0 Å². The molecule has 33 heavy (non-hydrogen) atoms. The Balaban J connectivity index is 1.67. The lowest BCUT2D eigenvalue weighted by Gasteiger charge is -2.37. The van der Waals surface area contributed by atoms with Crippen molar-refractivity contribution >= 4 is 11.6 Å². The van der Waals surface area contributed by atoms with Crippen LogP contribution in [0.4, 0.5) is 5.69 Å². The SMILES string of the molecule is COc1cc2c(cc1OC)[C@@H](COc1ccc([N+](=O)[O-])cc1)N(C(=O)c1ccccc1)CC2. The van der Waals surface area contributed by atoms with E-state index in [9.17, 15) is 14.9 Å². The number of nitro groups is 1. The number of ether oxygens (including phenoxy) is 3. The number of non-ortho nitro benzene ring substituents is 1. The van der Waals surface area contributed by atoms with E-state index in [1.807, 2.05) is 30.3 Å². The van der Waals surface area contributed by atoms with Gasteiger partial charge in [0.2, 0.25) is 0 Å². The summed E-state index contributed by atoms with van der Waals surface area (Å²) >= 11 is 0. The van der Waals surface area contributed by atoms with Gasteiger partial charge in [0.1, 0.15) is 12.4 Å². The van der Waals surface area contributed by atoms with Crippen molar-refractivity contribution in [1.29, 1.82) is 0 Å². The van der Waals surface area contributed by atoms with E-state index in [0.717, 1.165) is 11.1 Å². The van der Waals surface area contributed by atoms with Crippen LogP contribution in [-0.4, -0.2) is 43.1 Å². The molecule has 8 nitrogen and oxygen atoms in total. The smallest absolute Gasteiger partial charge is 0.269 e. The quantitative estimate of drug-likeness (QED) is 0.392. The van der Waals surface area contributed by atoms with Crippen molar-refractivity contribution in [2.24, 2.45) is 0 Å². The van der Waals surface area contributed by atoms with Crippen LogP contribution in [0.1, 0.15) is 27.5 Å². The lowest BCUT2D eigenvalue weighted by atomic mass is 9.91. The molecular formula is C25H24N2O6. The van der Waals surface area contributed by atoms with Gasteiger partial charge in [-0.05, 0) is 53.9 Å². The van der Waals surface area contributed by atoms with Crippen molar-refractivity contribution in [1.82, 2.24) is 4.90 Å². The molecule has 4 rings (SSSR count). The molecule has 0 aliphatic carbocycles. The number of methoxy groups -OCH3 is 2. The first kappa shape index (κ1) is 22.1. The van der Waals surface area contributed by atoms with Crippen LogP contribution in [0.2, 0.25) is 0 Å². The monoisotopic (exact) mass is 448 g/mol. The van der Waals surface area contributed by atoms with Crippen molar-refractivity contribution < 1.29 is 23.9 Å². The molecule has 0 N–H and O–H groups in total. The van der Waals surface area contributed by atoms with E-state index in [-0.39, 0.29) is 24.2 Å². The molecule has 0 bridgehead atoms. The molecule has 3 aromatic rings. The Morgan fingerprint density at radius 3 is 2.33 bits per heavy atom. The fourth-order valence-electron chi connectivity index (χ4n) is 4.04. The molecule has 0 fully saturated rings. The molecule has 170 valence electrons. The molecule has 1 atom stereocenters. The van der Waals surface area contributed by atoms with Crippen LogP contribution in [0, 0.1) is 10.1 Å². The minimum Gasteiger partial charge on any atom is -0.493 e. The highest BCUT2D eigenvalue weighted by molar-refractivity contribution is 5.94. The van der Waals surface area contributed by atoms with Crippen LogP contribution in [-0.2, 0) is 6.42 Å².